The highest BCUT2D eigenvalue weighted by Crippen LogP contribution is 2.16. The van der Waals surface area contributed by atoms with Crippen molar-refractivity contribution < 1.29 is 13.2 Å². The van der Waals surface area contributed by atoms with E-state index in [4.69, 9.17) is 4.74 Å². The summed E-state index contributed by atoms with van der Waals surface area (Å²) >= 11 is 0. The average molecular weight is 309 g/mol. The summed E-state index contributed by atoms with van der Waals surface area (Å²) in [4.78, 5) is 6.88. The highest BCUT2D eigenvalue weighted by Gasteiger charge is 2.14. The van der Waals surface area contributed by atoms with Gasteiger partial charge in [-0.05, 0) is 30.2 Å². The van der Waals surface area contributed by atoms with Crippen LogP contribution in [0.15, 0.2) is 41.7 Å². The van der Waals surface area contributed by atoms with Crippen LogP contribution in [0.5, 0.6) is 5.75 Å². The summed E-state index contributed by atoms with van der Waals surface area (Å²) < 4.78 is 32.3. The maximum atomic E-state index is 12.1. The Hall–Kier alpha value is -1.86. The van der Waals surface area contributed by atoms with Gasteiger partial charge in [-0.15, -0.1) is 0 Å². The van der Waals surface area contributed by atoms with Crippen molar-refractivity contribution in [1.82, 2.24) is 14.7 Å². The number of H-pyrrole nitrogens is 1. The maximum Gasteiger partial charge on any atom is 0.240 e. The number of imidazole rings is 1. The van der Waals surface area contributed by atoms with Gasteiger partial charge in [0.15, 0.2) is 0 Å². The molecular formula is C14H19N3O3S. The lowest BCUT2D eigenvalue weighted by molar-refractivity contribution is 0.271. The highest BCUT2D eigenvalue weighted by atomic mass is 32.2. The Balaban J connectivity index is 1.99. The van der Waals surface area contributed by atoms with Crippen LogP contribution in [-0.2, 0) is 16.6 Å². The molecule has 0 aliphatic rings. The lowest BCUT2D eigenvalue weighted by Crippen LogP contribution is -2.23. The number of nitrogens with zero attached hydrogens (tertiary/aromatic N) is 1. The van der Waals surface area contributed by atoms with Crippen molar-refractivity contribution in [2.24, 2.45) is 5.92 Å². The molecule has 0 aliphatic carbocycles. The summed E-state index contributed by atoms with van der Waals surface area (Å²) in [6.45, 7) is 4.88. The molecule has 21 heavy (non-hydrogen) atoms. The third kappa shape index (κ3) is 4.57. The topological polar surface area (TPSA) is 84.1 Å². The minimum atomic E-state index is -3.54. The van der Waals surface area contributed by atoms with Crippen molar-refractivity contribution in [2.75, 3.05) is 6.61 Å². The molecular weight excluding hydrogens is 290 g/mol. The number of benzene rings is 1. The van der Waals surface area contributed by atoms with Crippen molar-refractivity contribution in [3.05, 3.63) is 42.5 Å². The molecule has 0 bridgehead atoms. The number of nitrogens with one attached hydrogen (secondary N) is 2. The summed E-state index contributed by atoms with van der Waals surface area (Å²) in [5.74, 6) is 1.08. The van der Waals surface area contributed by atoms with Crippen LogP contribution in [0.3, 0.4) is 0 Å². The molecule has 2 aromatic rings. The molecule has 1 aromatic heterocycles. The van der Waals surface area contributed by atoms with Crippen LogP contribution in [0.4, 0.5) is 0 Å². The standard InChI is InChI=1S/C14H19N3O3S/c1-11(2)9-20-13-3-5-14(6-4-13)21(18,19)17-8-12-7-15-10-16-12/h3-7,10-11,17H,8-9H2,1-2H3,(H,15,16). The molecule has 0 fully saturated rings. The minimum absolute atomic E-state index is 0.175. The first-order chi connectivity index (χ1) is 9.97. The van der Waals surface area contributed by atoms with Gasteiger partial charge in [-0.3, -0.25) is 0 Å². The Bertz CT molecular complexity index is 649. The van der Waals surface area contributed by atoms with Crippen molar-refractivity contribution in [2.45, 2.75) is 25.3 Å². The van der Waals surface area contributed by atoms with Crippen LogP contribution in [-0.4, -0.2) is 25.0 Å². The van der Waals surface area contributed by atoms with E-state index in [1.165, 1.54) is 18.5 Å². The van der Waals surface area contributed by atoms with Crippen molar-refractivity contribution in [3.8, 4) is 5.75 Å². The second-order valence-electron chi connectivity index (χ2n) is 5.08. The summed E-state index contributed by atoms with van der Waals surface area (Å²) in [6, 6.07) is 6.39. The van der Waals surface area contributed by atoms with Gasteiger partial charge in [0.2, 0.25) is 10.0 Å². The number of aromatic nitrogens is 2. The van der Waals surface area contributed by atoms with Gasteiger partial charge in [0.1, 0.15) is 5.75 Å². The molecule has 0 spiro atoms. The monoisotopic (exact) mass is 309 g/mol. The third-order valence-corrected chi connectivity index (χ3v) is 4.14. The number of hydrogen-bond donors (Lipinski definition) is 2. The van der Waals surface area contributed by atoms with Crippen LogP contribution < -0.4 is 9.46 Å². The zero-order chi connectivity index (χ0) is 15.3. The van der Waals surface area contributed by atoms with Gasteiger partial charge in [-0.2, -0.15) is 0 Å². The first kappa shape index (κ1) is 15.5. The van der Waals surface area contributed by atoms with Crippen LogP contribution in [0.1, 0.15) is 19.5 Å². The molecule has 1 aromatic carbocycles. The van der Waals surface area contributed by atoms with Crippen molar-refractivity contribution in [3.63, 3.8) is 0 Å². The molecule has 0 saturated carbocycles. The molecule has 2 N–H and O–H groups in total. The summed E-state index contributed by atoms with van der Waals surface area (Å²) in [5, 5.41) is 0. The largest absolute Gasteiger partial charge is 0.493 e. The van der Waals surface area contributed by atoms with Gasteiger partial charge < -0.3 is 9.72 Å². The van der Waals surface area contributed by atoms with Gasteiger partial charge in [0, 0.05) is 11.9 Å². The van der Waals surface area contributed by atoms with E-state index in [1.807, 2.05) is 0 Å². The summed E-state index contributed by atoms with van der Waals surface area (Å²) in [7, 11) is -3.54. The normalized spacial score (nSPS) is 11.8. The quantitative estimate of drug-likeness (QED) is 0.818. The van der Waals surface area contributed by atoms with E-state index in [0.29, 0.717) is 24.0 Å². The first-order valence-corrected chi connectivity index (χ1v) is 8.15. The van der Waals surface area contributed by atoms with Gasteiger partial charge in [0.05, 0.1) is 24.4 Å². The molecule has 2 rings (SSSR count). The molecule has 114 valence electrons. The van der Waals surface area contributed by atoms with E-state index < -0.39 is 10.0 Å². The van der Waals surface area contributed by atoms with E-state index in [9.17, 15) is 8.42 Å². The predicted molar refractivity (Wildman–Crippen MR) is 79.4 cm³/mol. The summed E-state index contributed by atoms with van der Waals surface area (Å²) in [5.41, 5.74) is 0.704. The molecule has 6 nitrogen and oxygen atoms in total. The molecule has 0 radical (unpaired) electrons. The molecule has 7 heteroatoms. The second kappa shape index (κ2) is 6.73. The van der Waals surface area contributed by atoms with E-state index in [0.717, 1.165) is 0 Å². The maximum absolute atomic E-state index is 12.1. The average Bonchev–Trinajstić information content (AvgIpc) is 2.97. The highest BCUT2D eigenvalue weighted by molar-refractivity contribution is 7.89. The fourth-order valence-corrected chi connectivity index (χ4v) is 2.62. The van der Waals surface area contributed by atoms with E-state index in [2.05, 4.69) is 28.5 Å². The number of rotatable bonds is 7. The molecule has 0 unspecified atom stereocenters. The fraction of sp³-hybridized carbons (Fsp3) is 0.357. The Morgan fingerprint density at radius 2 is 2.00 bits per heavy atom. The minimum Gasteiger partial charge on any atom is -0.493 e. The SMILES string of the molecule is CC(C)COc1ccc(S(=O)(=O)NCc2cnc[nH]2)cc1. The predicted octanol–water partition coefficient (Wildman–Crippen LogP) is 1.92. The van der Waals surface area contributed by atoms with Crippen LogP contribution in [0, 0.1) is 5.92 Å². The van der Waals surface area contributed by atoms with E-state index in [1.54, 1.807) is 18.3 Å². The Kier molecular flexibility index (Phi) is 4.98. The molecule has 0 atom stereocenters. The van der Waals surface area contributed by atoms with Crippen LogP contribution >= 0.6 is 0 Å². The zero-order valence-corrected chi connectivity index (χ0v) is 12.9. The van der Waals surface area contributed by atoms with Crippen molar-refractivity contribution in [1.29, 1.82) is 0 Å². The molecule has 1 heterocycles. The van der Waals surface area contributed by atoms with E-state index in [-0.39, 0.29) is 11.4 Å². The van der Waals surface area contributed by atoms with Gasteiger partial charge in [0.25, 0.3) is 0 Å². The smallest absolute Gasteiger partial charge is 0.240 e. The van der Waals surface area contributed by atoms with Gasteiger partial charge in [-0.1, -0.05) is 13.8 Å². The van der Waals surface area contributed by atoms with Gasteiger partial charge >= 0.3 is 0 Å². The second-order valence-corrected chi connectivity index (χ2v) is 6.84. The van der Waals surface area contributed by atoms with Gasteiger partial charge in [-0.25, -0.2) is 18.1 Å². The first-order valence-electron chi connectivity index (χ1n) is 6.67. The summed E-state index contributed by atoms with van der Waals surface area (Å²) in [6.07, 6.45) is 3.08. The zero-order valence-electron chi connectivity index (χ0n) is 12.0. The lowest BCUT2D eigenvalue weighted by atomic mass is 10.2. The Morgan fingerprint density at radius 3 is 2.57 bits per heavy atom. The fourth-order valence-electron chi connectivity index (χ4n) is 1.62. The lowest BCUT2D eigenvalue weighted by Gasteiger charge is -2.10. The van der Waals surface area contributed by atoms with Crippen LogP contribution in [0.2, 0.25) is 0 Å². The number of hydrogen-bond acceptors (Lipinski definition) is 4. The van der Waals surface area contributed by atoms with Crippen LogP contribution in [0.25, 0.3) is 0 Å². The molecule has 0 aliphatic heterocycles. The number of ether oxygens (including phenoxy) is 1. The van der Waals surface area contributed by atoms with Crippen molar-refractivity contribution >= 4 is 10.0 Å². The van der Waals surface area contributed by atoms with E-state index >= 15 is 0 Å². The Labute approximate surface area is 124 Å². The number of sulfonamides is 1. The Morgan fingerprint density at radius 1 is 1.29 bits per heavy atom. The number of aromatic amines is 1. The third-order valence-electron chi connectivity index (χ3n) is 2.72. The molecule has 0 amide bonds. The molecule has 0 saturated heterocycles.